The molecule has 0 saturated heterocycles. The molecular formula is C18H18BrNO3. The number of benzene rings is 2. The Hall–Kier alpha value is -2.01. The van der Waals surface area contributed by atoms with Crippen LogP contribution < -0.4 is 14.8 Å². The highest BCUT2D eigenvalue weighted by Crippen LogP contribution is 2.31. The van der Waals surface area contributed by atoms with Crippen molar-refractivity contribution in [1.82, 2.24) is 5.32 Å². The van der Waals surface area contributed by atoms with Crippen LogP contribution in [0.2, 0.25) is 0 Å². The fraction of sp³-hybridized carbons (Fsp3) is 0.278. The Morgan fingerprint density at radius 3 is 2.78 bits per heavy atom. The summed E-state index contributed by atoms with van der Waals surface area (Å²) in [6, 6.07) is 15.2. The van der Waals surface area contributed by atoms with Gasteiger partial charge in [-0.1, -0.05) is 34.1 Å². The maximum atomic E-state index is 12.4. The molecule has 1 heterocycles. The summed E-state index contributed by atoms with van der Waals surface area (Å²) in [5.41, 5.74) is 1.02. The first-order chi connectivity index (χ1) is 11.1. The molecule has 0 aliphatic carbocycles. The predicted octanol–water partition coefficient (Wildman–Crippen LogP) is 3.86. The van der Waals surface area contributed by atoms with Gasteiger partial charge in [-0.3, -0.25) is 4.79 Å². The molecule has 120 valence electrons. The summed E-state index contributed by atoms with van der Waals surface area (Å²) >= 11 is 3.38. The van der Waals surface area contributed by atoms with E-state index in [-0.39, 0.29) is 11.9 Å². The molecule has 5 heteroatoms. The van der Waals surface area contributed by atoms with Crippen LogP contribution in [0.5, 0.6) is 11.5 Å². The summed E-state index contributed by atoms with van der Waals surface area (Å²) in [6.07, 6.45) is 0.194. The normalized spacial score (nSPS) is 17.6. The van der Waals surface area contributed by atoms with Crippen LogP contribution in [-0.4, -0.2) is 18.6 Å². The number of ether oxygens (including phenoxy) is 2. The van der Waals surface area contributed by atoms with E-state index in [1.54, 1.807) is 6.92 Å². The summed E-state index contributed by atoms with van der Waals surface area (Å²) in [6.45, 7) is 2.35. The zero-order valence-corrected chi connectivity index (χ0v) is 14.4. The van der Waals surface area contributed by atoms with Crippen molar-refractivity contribution in [3.8, 4) is 11.5 Å². The molecule has 0 aromatic heterocycles. The number of amides is 1. The smallest absolute Gasteiger partial charge is 0.261 e. The third-order valence-electron chi connectivity index (χ3n) is 3.77. The molecule has 0 fully saturated rings. The van der Waals surface area contributed by atoms with Gasteiger partial charge in [-0.2, -0.15) is 0 Å². The average Bonchev–Trinajstić information content (AvgIpc) is 2.57. The number of fused-ring (bicyclic) bond motifs is 1. The summed E-state index contributed by atoms with van der Waals surface area (Å²) < 4.78 is 12.3. The standard InChI is InChI=1S/C18H18BrNO3/c1-12(23-14-8-6-13(19)7-9-14)18(21)20-16-10-11-22-17-5-3-2-4-15(16)17/h2-9,12,16H,10-11H2,1H3,(H,20,21). The fourth-order valence-electron chi connectivity index (χ4n) is 2.55. The lowest BCUT2D eigenvalue weighted by Gasteiger charge is -2.27. The van der Waals surface area contributed by atoms with Crippen molar-refractivity contribution in [2.45, 2.75) is 25.5 Å². The van der Waals surface area contributed by atoms with Gasteiger partial charge >= 0.3 is 0 Å². The number of nitrogens with one attached hydrogen (secondary N) is 1. The molecule has 1 aliphatic rings. The van der Waals surface area contributed by atoms with Crippen LogP contribution in [0.25, 0.3) is 0 Å². The number of carbonyl (C=O) groups excluding carboxylic acids is 1. The molecule has 3 rings (SSSR count). The van der Waals surface area contributed by atoms with Crippen LogP contribution in [0, 0.1) is 0 Å². The SMILES string of the molecule is CC(Oc1ccc(Br)cc1)C(=O)NC1CCOc2ccccc21. The van der Waals surface area contributed by atoms with Gasteiger partial charge in [0.05, 0.1) is 12.6 Å². The topological polar surface area (TPSA) is 47.6 Å². The highest BCUT2D eigenvalue weighted by Gasteiger charge is 2.25. The summed E-state index contributed by atoms with van der Waals surface area (Å²) in [4.78, 5) is 12.4. The molecule has 4 nitrogen and oxygen atoms in total. The molecular weight excluding hydrogens is 358 g/mol. The van der Waals surface area contributed by atoms with Crippen LogP contribution >= 0.6 is 15.9 Å². The Bertz CT molecular complexity index is 687. The first-order valence-corrected chi connectivity index (χ1v) is 8.37. The fourth-order valence-corrected chi connectivity index (χ4v) is 2.82. The second kappa shape index (κ2) is 7.04. The van der Waals surface area contributed by atoms with Crippen LogP contribution in [0.15, 0.2) is 53.0 Å². The number of hydrogen-bond donors (Lipinski definition) is 1. The van der Waals surface area contributed by atoms with Crippen LogP contribution in [0.4, 0.5) is 0 Å². The summed E-state index contributed by atoms with van der Waals surface area (Å²) in [7, 11) is 0. The summed E-state index contributed by atoms with van der Waals surface area (Å²) in [5.74, 6) is 1.38. The lowest BCUT2D eigenvalue weighted by molar-refractivity contribution is -0.128. The number of rotatable bonds is 4. The molecule has 0 bridgehead atoms. The third-order valence-corrected chi connectivity index (χ3v) is 4.30. The van der Waals surface area contributed by atoms with Crippen molar-refractivity contribution in [1.29, 1.82) is 0 Å². The molecule has 1 amide bonds. The maximum absolute atomic E-state index is 12.4. The van der Waals surface area contributed by atoms with Crippen molar-refractivity contribution < 1.29 is 14.3 Å². The molecule has 2 aromatic rings. The van der Waals surface area contributed by atoms with Gasteiger partial charge in [0.15, 0.2) is 6.10 Å². The average molecular weight is 376 g/mol. The number of para-hydroxylation sites is 1. The van der Waals surface area contributed by atoms with E-state index in [4.69, 9.17) is 9.47 Å². The van der Waals surface area contributed by atoms with Gasteiger partial charge < -0.3 is 14.8 Å². The Morgan fingerprint density at radius 2 is 2.00 bits per heavy atom. The van der Waals surface area contributed by atoms with Crippen LogP contribution in [0.1, 0.15) is 24.9 Å². The minimum atomic E-state index is -0.564. The molecule has 2 aromatic carbocycles. The minimum Gasteiger partial charge on any atom is -0.493 e. The van der Waals surface area contributed by atoms with Gasteiger partial charge in [-0.25, -0.2) is 0 Å². The van der Waals surface area contributed by atoms with E-state index in [0.717, 1.165) is 22.2 Å². The monoisotopic (exact) mass is 375 g/mol. The maximum Gasteiger partial charge on any atom is 0.261 e. The second-order valence-corrected chi connectivity index (χ2v) is 6.37. The molecule has 2 unspecified atom stereocenters. The van der Waals surface area contributed by atoms with E-state index >= 15 is 0 Å². The van der Waals surface area contributed by atoms with Gasteiger partial charge in [0.2, 0.25) is 0 Å². The first kappa shape index (κ1) is 15.9. The van der Waals surface area contributed by atoms with Crippen LogP contribution in [-0.2, 0) is 4.79 Å². The van der Waals surface area contributed by atoms with E-state index in [1.165, 1.54) is 0 Å². The van der Waals surface area contributed by atoms with E-state index in [9.17, 15) is 4.79 Å². The molecule has 2 atom stereocenters. The second-order valence-electron chi connectivity index (χ2n) is 5.45. The van der Waals surface area contributed by atoms with Gasteiger partial charge in [-0.15, -0.1) is 0 Å². The zero-order valence-electron chi connectivity index (χ0n) is 12.8. The van der Waals surface area contributed by atoms with Gasteiger partial charge in [-0.05, 0) is 37.3 Å². The van der Waals surface area contributed by atoms with E-state index in [0.29, 0.717) is 12.4 Å². The van der Waals surface area contributed by atoms with Gasteiger partial charge in [0, 0.05) is 16.5 Å². The lowest BCUT2D eigenvalue weighted by Crippen LogP contribution is -2.40. The van der Waals surface area contributed by atoms with E-state index in [2.05, 4.69) is 21.2 Å². The van der Waals surface area contributed by atoms with E-state index < -0.39 is 6.10 Å². The predicted molar refractivity (Wildman–Crippen MR) is 91.7 cm³/mol. The Labute approximate surface area is 143 Å². The molecule has 1 N–H and O–H groups in total. The molecule has 0 spiro atoms. The number of carbonyl (C=O) groups is 1. The first-order valence-electron chi connectivity index (χ1n) is 7.58. The van der Waals surface area contributed by atoms with Crippen molar-refractivity contribution in [3.05, 3.63) is 58.6 Å². The van der Waals surface area contributed by atoms with Crippen molar-refractivity contribution in [3.63, 3.8) is 0 Å². The van der Waals surface area contributed by atoms with Gasteiger partial charge in [0.1, 0.15) is 11.5 Å². The molecule has 23 heavy (non-hydrogen) atoms. The van der Waals surface area contributed by atoms with Crippen molar-refractivity contribution in [2.24, 2.45) is 0 Å². The number of halogens is 1. The quantitative estimate of drug-likeness (QED) is 0.882. The van der Waals surface area contributed by atoms with Crippen molar-refractivity contribution in [2.75, 3.05) is 6.61 Å². The molecule has 0 saturated carbocycles. The number of hydrogen-bond acceptors (Lipinski definition) is 3. The Balaban J connectivity index is 1.64. The van der Waals surface area contributed by atoms with Crippen molar-refractivity contribution >= 4 is 21.8 Å². The highest BCUT2D eigenvalue weighted by molar-refractivity contribution is 9.10. The Kier molecular flexibility index (Phi) is 4.86. The summed E-state index contributed by atoms with van der Waals surface area (Å²) in [5, 5.41) is 3.05. The molecule has 1 aliphatic heterocycles. The third kappa shape index (κ3) is 3.85. The Morgan fingerprint density at radius 1 is 1.26 bits per heavy atom. The van der Waals surface area contributed by atoms with Gasteiger partial charge in [0.25, 0.3) is 5.91 Å². The van der Waals surface area contributed by atoms with E-state index in [1.807, 2.05) is 48.5 Å². The highest BCUT2D eigenvalue weighted by atomic mass is 79.9. The minimum absolute atomic E-state index is 0.0385. The zero-order chi connectivity index (χ0) is 16.2. The van der Waals surface area contributed by atoms with Crippen LogP contribution in [0.3, 0.4) is 0 Å². The largest absolute Gasteiger partial charge is 0.493 e. The lowest BCUT2D eigenvalue weighted by atomic mass is 10.0. The molecule has 0 radical (unpaired) electrons.